The first-order valence-electron chi connectivity index (χ1n) is 7.74. The number of H-pyrrole nitrogens is 1. The molecule has 1 aliphatic rings. The number of amides is 1. The van der Waals surface area contributed by atoms with Crippen LogP contribution in [0.4, 0.5) is 13.2 Å². The maximum absolute atomic E-state index is 12.6. The fourth-order valence-electron chi connectivity index (χ4n) is 2.81. The van der Waals surface area contributed by atoms with Crippen LogP contribution in [0, 0.1) is 0 Å². The molecular formula is C17H18F3N3O. The van der Waals surface area contributed by atoms with Gasteiger partial charge >= 0.3 is 6.18 Å². The van der Waals surface area contributed by atoms with E-state index in [1.165, 1.54) is 12.1 Å². The molecule has 3 rings (SSSR count). The second-order valence-corrected chi connectivity index (χ2v) is 5.86. The molecule has 7 heteroatoms. The summed E-state index contributed by atoms with van der Waals surface area (Å²) in [6.45, 7) is 3.23. The van der Waals surface area contributed by atoms with Crippen molar-refractivity contribution in [3.05, 3.63) is 59.4 Å². The molecule has 4 nitrogen and oxygen atoms in total. The number of nitrogens with one attached hydrogen (secondary N) is 1. The molecule has 0 atom stereocenters. The molecular weight excluding hydrogens is 319 g/mol. The predicted molar refractivity (Wildman–Crippen MR) is 83.4 cm³/mol. The summed E-state index contributed by atoms with van der Waals surface area (Å²) >= 11 is 0. The van der Waals surface area contributed by atoms with Crippen LogP contribution in [-0.4, -0.2) is 46.9 Å². The minimum absolute atomic E-state index is 0.00503. The lowest BCUT2D eigenvalue weighted by Gasteiger charge is -2.34. The Labute approximate surface area is 137 Å². The molecule has 1 fully saturated rings. The third-order valence-corrected chi connectivity index (χ3v) is 4.19. The molecule has 24 heavy (non-hydrogen) atoms. The van der Waals surface area contributed by atoms with Crippen LogP contribution < -0.4 is 0 Å². The Kier molecular flexibility index (Phi) is 4.62. The van der Waals surface area contributed by atoms with Crippen LogP contribution >= 0.6 is 0 Å². The number of benzene rings is 1. The van der Waals surface area contributed by atoms with Gasteiger partial charge in [-0.15, -0.1) is 0 Å². The molecule has 0 saturated carbocycles. The van der Waals surface area contributed by atoms with Crippen molar-refractivity contribution in [2.75, 3.05) is 26.2 Å². The third-order valence-electron chi connectivity index (χ3n) is 4.19. The van der Waals surface area contributed by atoms with E-state index in [-0.39, 0.29) is 5.91 Å². The van der Waals surface area contributed by atoms with E-state index in [2.05, 4.69) is 9.88 Å². The highest BCUT2D eigenvalue weighted by molar-refractivity contribution is 5.94. The van der Waals surface area contributed by atoms with Gasteiger partial charge in [0.15, 0.2) is 0 Å². The summed E-state index contributed by atoms with van der Waals surface area (Å²) in [6.07, 6.45) is -0.909. The van der Waals surface area contributed by atoms with Crippen LogP contribution in [0.25, 0.3) is 0 Å². The summed E-state index contributed by atoms with van der Waals surface area (Å²) in [6, 6.07) is 7.00. The minimum Gasteiger partial charge on any atom is -0.367 e. The summed E-state index contributed by atoms with van der Waals surface area (Å²) in [5.74, 6) is 0.00503. The normalized spacial score (nSPS) is 16.4. The Morgan fingerprint density at radius 2 is 1.71 bits per heavy atom. The van der Waals surface area contributed by atoms with Crippen LogP contribution in [0.1, 0.15) is 21.5 Å². The monoisotopic (exact) mass is 337 g/mol. The van der Waals surface area contributed by atoms with Crippen molar-refractivity contribution in [1.29, 1.82) is 0 Å². The molecule has 0 bridgehead atoms. The zero-order valence-electron chi connectivity index (χ0n) is 13.0. The van der Waals surface area contributed by atoms with Gasteiger partial charge in [-0.2, -0.15) is 13.2 Å². The number of piperazine rings is 1. The summed E-state index contributed by atoms with van der Waals surface area (Å²) in [5.41, 5.74) is 0.854. The van der Waals surface area contributed by atoms with E-state index < -0.39 is 11.7 Å². The SMILES string of the molecule is O=C(c1cc[nH]c1)N1CCN(Cc2ccc(C(F)(F)F)cc2)CC1. The van der Waals surface area contributed by atoms with E-state index in [1.54, 1.807) is 23.4 Å². The summed E-state index contributed by atoms with van der Waals surface area (Å²) < 4.78 is 37.7. The van der Waals surface area contributed by atoms with Crippen LogP contribution in [0.5, 0.6) is 0 Å². The summed E-state index contributed by atoms with van der Waals surface area (Å²) in [7, 11) is 0. The van der Waals surface area contributed by atoms with Gasteiger partial charge in [0.2, 0.25) is 0 Å². The fraction of sp³-hybridized carbons (Fsp3) is 0.353. The topological polar surface area (TPSA) is 39.3 Å². The van der Waals surface area contributed by atoms with Crippen LogP contribution in [0.2, 0.25) is 0 Å². The number of hydrogen-bond acceptors (Lipinski definition) is 2. The maximum atomic E-state index is 12.6. The van der Waals surface area contributed by atoms with Gasteiger partial charge in [0.1, 0.15) is 0 Å². The van der Waals surface area contributed by atoms with E-state index in [0.29, 0.717) is 38.3 Å². The first kappa shape index (κ1) is 16.6. The van der Waals surface area contributed by atoms with Crippen molar-refractivity contribution in [3.63, 3.8) is 0 Å². The van der Waals surface area contributed by atoms with Gasteiger partial charge in [-0.3, -0.25) is 9.69 Å². The Bertz CT molecular complexity index is 672. The standard InChI is InChI=1S/C17H18F3N3O/c18-17(19,20)15-3-1-13(2-4-15)12-22-7-9-23(10-8-22)16(24)14-5-6-21-11-14/h1-6,11,21H,7-10,12H2. The summed E-state index contributed by atoms with van der Waals surface area (Å²) in [5, 5.41) is 0. The zero-order chi connectivity index (χ0) is 17.2. The number of aromatic nitrogens is 1. The molecule has 128 valence electrons. The van der Waals surface area contributed by atoms with Crippen molar-refractivity contribution in [2.45, 2.75) is 12.7 Å². The second-order valence-electron chi connectivity index (χ2n) is 5.86. The van der Waals surface area contributed by atoms with Crippen molar-refractivity contribution >= 4 is 5.91 Å². The molecule has 1 amide bonds. The Morgan fingerprint density at radius 1 is 1.04 bits per heavy atom. The molecule has 1 aromatic carbocycles. The highest BCUT2D eigenvalue weighted by Gasteiger charge is 2.30. The third kappa shape index (κ3) is 3.79. The first-order chi connectivity index (χ1) is 11.4. The Balaban J connectivity index is 1.53. The Hall–Kier alpha value is -2.28. The van der Waals surface area contributed by atoms with Gasteiger partial charge in [0, 0.05) is 45.1 Å². The van der Waals surface area contributed by atoms with Crippen molar-refractivity contribution in [2.24, 2.45) is 0 Å². The molecule has 0 unspecified atom stereocenters. The van der Waals surface area contributed by atoms with Crippen LogP contribution in [-0.2, 0) is 12.7 Å². The average Bonchev–Trinajstić information content (AvgIpc) is 3.09. The molecule has 1 aromatic heterocycles. The van der Waals surface area contributed by atoms with Gasteiger partial charge in [-0.25, -0.2) is 0 Å². The lowest BCUT2D eigenvalue weighted by molar-refractivity contribution is -0.137. The van der Waals surface area contributed by atoms with Gasteiger partial charge < -0.3 is 9.88 Å². The van der Waals surface area contributed by atoms with Crippen LogP contribution in [0.15, 0.2) is 42.7 Å². The number of hydrogen-bond donors (Lipinski definition) is 1. The predicted octanol–water partition coefficient (Wildman–Crippen LogP) is 2.99. The smallest absolute Gasteiger partial charge is 0.367 e. The van der Waals surface area contributed by atoms with E-state index in [1.807, 2.05) is 0 Å². The summed E-state index contributed by atoms with van der Waals surface area (Å²) in [4.78, 5) is 19.0. The highest BCUT2D eigenvalue weighted by atomic mass is 19.4. The van der Waals surface area contributed by atoms with Crippen molar-refractivity contribution in [3.8, 4) is 0 Å². The zero-order valence-corrected chi connectivity index (χ0v) is 13.0. The number of alkyl halides is 3. The number of rotatable bonds is 3. The van der Waals surface area contributed by atoms with E-state index >= 15 is 0 Å². The lowest BCUT2D eigenvalue weighted by Crippen LogP contribution is -2.48. The highest BCUT2D eigenvalue weighted by Crippen LogP contribution is 2.29. The molecule has 1 N–H and O–H groups in total. The van der Waals surface area contributed by atoms with Gasteiger partial charge in [-0.05, 0) is 23.8 Å². The number of carbonyl (C=O) groups excluding carboxylic acids is 1. The number of carbonyl (C=O) groups is 1. The van der Waals surface area contributed by atoms with Gasteiger partial charge in [-0.1, -0.05) is 12.1 Å². The van der Waals surface area contributed by atoms with E-state index in [0.717, 1.165) is 17.7 Å². The second kappa shape index (κ2) is 6.68. The lowest BCUT2D eigenvalue weighted by atomic mass is 10.1. The average molecular weight is 337 g/mol. The number of aromatic amines is 1. The quantitative estimate of drug-likeness (QED) is 0.935. The minimum atomic E-state index is -4.30. The molecule has 0 spiro atoms. The molecule has 1 saturated heterocycles. The number of halogens is 3. The Morgan fingerprint density at radius 3 is 2.25 bits per heavy atom. The maximum Gasteiger partial charge on any atom is 0.416 e. The molecule has 2 heterocycles. The number of nitrogens with zero attached hydrogens (tertiary/aromatic N) is 2. The largest absolute Gasteiger partial charge is 0.416 e. The van der Waals surface area contributed by atoms with E-state index in [9.17, 15) is 18.0 Å². The molecule has 0 radical (unpaired) electrons. The van der Waals surface area contributed by atoms with Crippen molar-refractivity contribution < 1.29 is 18.0 Å². The van der Waals surface area contributed by atoms with Crippen molar-refractivity contribution in [1.82, 2.24) is 14.8 Å². The fourth-order valence-corrected chi connectivity index (χ4v) is 2.81. The van der Waals surface area contributed by atoms with Gasteiger partial charge in [0.05, 0.1) is 11.1 Å². The first-order valence-corrected chi connectivity index (χ1v) is 7.74. The van der Waals surface area contributed by atoms with E-state index in [4.69, 9.17) is 0 Å². The molecule has 0 aliphatic carbocycles. The molecule has 2 aromatic rings. The molecule has 1 aliphatic heterocycles. The van der Waals surface area contributed by atoms with Crippen LogP contribution in [0.3, 0.4) is 0 Å². The van der Waals surface area contributed by atoms with Gasteiger partial charge in [0.25, 0.3) is 5.91 Å².